The van der Waals surface area contributed by atoms with Crippen molar-refractivity contribution in [3.8, 4) is 5.69 Å². The van der Waals surface area contributed by atoms with Crippen molar-refractivity contribution in [3.05, 3.63) is 77.4 Å². The highest BCUT2D eigenvalue weighted by molar-refractivity contribution is 5.92. The highest BCUT2D eigenvalue weighted by Gasteiger charge is 2.13. The normalized spacial score (nSPS) is 10.9. The number of rotatable bonds is 5. The zero-order chi connectivity index (χ0) is 17.8. The van der Waals surface area contributed by atoms with Gasteiger partial charge in [0.15, 0.2) is 5.69 Å². The van der Waals surface area contributed by atoms with Crippen molar-refractivity contribution in [1.29, 1.82) is 0 Å². The first-order chi connectivity index (χ1) is 12.0. The lowest BCUT2D eigenvalue weighted by Gasteiger charge is -2.08. The lowest BCUT2D eigenvalue weighted by atomic mass is 10.0. The molecule has 0 aliphatic carbocycles. The lowest BCUT2D eigenvalue weighted by Crippen LogP contribution is -2.23. The molecule has 2 heterocycles. The first-order valence-corrected chi connectivity index (χ1v) is 8.38. The minimum atomic E-state index is -0.190. The van der Waals surface area contributed by atoms with Gasteiger partial charge in [-0.1, -0.05) is 32.0 Å². The lowest BCUT2D eigenvalue weighted by molar-refractivity contribution is 0.0945. The number of nitrogens with one attached hydrogen (secondary N) is 1. The molecule has 0 saturated heterocycles. The molecule has 0 atom stereocenters. The average Bonchev–Trinajstić information content (AvgIpc) is 3.02. The molecule has 0 aliphatic rings. The summed E-state index contributed by atoms with van der Waals surface area (Å²) in [5.41, 5.74) is 4.52. The van der Waals surface area contributed by atoms with E-state index < -0.39 is 0 Å². The van der Waals surface area contributed by atoms with Crippen LogP contribution in [0.25, 0.3) is 5.69 Å². The van der Waals surface area contributed by atoms with Gasteiger partial charge in [-0.2, -0.15) is 5.10 Å². The van der Waals surface area contributed by atoms with Crippen molar-refractivity contribution in [1.82, 2.24) is 20.1 Å². The zero-order valence-electron chi connectivity index (χ0n) is 14.7. The summed E-state index contributed by atoms with van der Waals surface area (Å²) in [6.45, 7) is 6.71. The van der Waals surface area contributed by atoms with Crippen LogP contribution >= 0.6 is 0 Å². The number of aryl methyl sites for hydroxylation is 1. The number of carbonyl (C=O) groups is 1. The van der Waals surface area contributed by atoms with Crippen molar-refractivity contribution in [3.63, 3.8) is 0 Å². The Bertz CT molecular complexity index is 851. The van der Waals surface area contributed by atoms with E-state index in [1.807, 2.05) is 31.2 Å². The Morgan fingerprint density at radius 2 is 1.96 bits per heavy atom. The summed E-state index contributed by atoms with van der Waals surface area (Å²) in [5.74, 6) is 0.297. The molecule has 0 aliphatic heterocycles. The van der Waals surface area contributed by atoms with Gasteiger partial charge in [0.05, 0.1) is 5.69 Å². The summed E-state index contributed by atoms with van der Waals surface area (Å²) in [4.78, 5) is 16.4. The molecule has 0 bridgehead atoms. The maximum Gasteiger partial charge on any atom is 0.272 e. The van der Waals surface area contributed by atoms with Crippen molar-refractivity contribution in [2.45, 2.75) is 33.2 Å². The van der Waals surface area contributed by atoms with Crippen molar-refractivity contribution in [2.75, 3.05) is 0 Å². The molecule has 1 N–H and O–H groups in total. The number of nitrogens with zero attached hydrogens (tertiary/aromatic N) is 3. The van der Waals surface area contributed by atoms with Crippen molar-refractivity contribution >= 4 is 5.91 Å². The third-order valence-corrected chi connectivity index (χ3v) is 4.10. The number of benzene rings is 1. The number of aromatic nitrogens is 3. The molecule has 2 aromatic heterocycles. The van der Waals surface area contributed by atoms with Crippen LogP contribution in [0.4, 0.5) is 0 Å². The summed E-state index contributed by atoms with van der Waals surface area (Å²) >= 11 is 0. The summed E-state index contributed by atoms with van der Waals surface area (Å²) in [6.07, 6.45) is 3.45. The third-order valence-electron chi connectivity index (χ3n) is 4.10. The van der Waals surface area contributed by atoms with Crippen LogP contribution in [0.5, 0.6) is 0 Å². The van der Waals surface area contributed by atoms with E-state index >= 15 is 0 Å². The molecule has 128 valence electrons. The van der Waals surface area contributed by atoms with Crippen LogP contribution in [-0.2, 0) is 6.54 Å². The Morgan fingerprint density at radius 1 is 1.20 bits per heavy atom. The van der Waals surface area contributed by atoms with Crippen LogP contribution in [0.15, 0.2) is 54.9 Å². The minimum Gasteiger partial charge on any atom is -0.347 e. The fourth-order valence-corrected chi connectivity index (χ4v) is 2.62. The summed E-state index contributed by atoms with van der Waals surface area (Å²) in [6, 6.07) is 13.8. The molecule has 1 amide bonds. The van der Waals surface area contributed by atoms with E-state index in [1.165, 1.54) is 5.56 Å². The Morgan fingerprint density at radius 3 is 2.60 bits per heavy atom. The second-order valence-electron chi connectivity index (χ2n) is 6.37. The molecular formula is C20H22N4O. The largest absolute Gasteiger partial charge is 0.347 e. The van der Waals surface area contributed by atoms with Crippen LogP contribution in [0.1, 0.15) is 47.1 Å². The highest BCUT2D eigenvalue weighted by Crippen LogP contribution is 2.18. The van der Waals surface area contributed by atoms with E-state index in [-0.39, 0.29) is 5.91 Å². The molecule has 0 unspecified atom stereocenters. The fourth-order valence-electron chi connectivity index (χ4n) is 2.62. The predicted molar refractivity (Wildman–Crippen MR) is 97.8 cm³/mol. The van der Waals surface area contributed by atoms with E-state index in [1.54, 1.807) is 23.1 Å². The zero-order valence-corrected chi connectivity index (χ0v) is 14.7. The second kappa shape index (κ2) is 7.30. The summed E-state index contributed by atoms with van der Waals surface area (Å²) in [7, 11) is 0. The molecule has 5 nitrogen and oxygen atoms in total. The fraction of sp³-hybridized carbons (Fsp3) is 0.250. The van der Waals surface area contributed by atoms with Gasteiger partial charge in [-0.05, 0) is 48.2 Å². The Balaban J connectivity index is 1.74. The molecule has 0 spiro atoms. The van der Waals surface area contributed by atoms with Gasteiger partial charge in [0.1, 0.15) is 0 Å². The van der Waals surface area contributed by atoms with Gasteiger partial charge in [-0.15, -0.1) is 0 Å². The SMILES string of the molecule is Cc1cc(C(=O)NCc2cccnc2)nn1-c1ccc(C(C)C)cc1. The van der Waals surface area contributed by atoms with E-state index in [0.29, 0.717) is 18.2 Å². The molecule has 5 heteroatoms. The average molecular weight is 334 g/mol. The van der Waals surface area contributed by atoms with Crippen molar-refractivity contribution < 1.29 is 4.79 Å². The van der Waals surface area contributed by atoms with Crippen LogP contribution in [-0.4, -0.2) is 20.7 Å². The molecule has 1 aromatic carbocycles. The Kier molecular flexibility index (Phi) is 4.93. The van der Waals surface area contributed by atoms with Crippen molar-refractivity contribution in [2.24, 2.45) is 0 Å². The van der Waals surface area contributed by atoms with Gasteiger partial charge in [0.25, 0.3) is 5.91 Å². The number of hydrogen-bond acceptors (Lipinski definition) is 3. The van der Waals surface area contributed by atoms with Crippen LogP contribution in [0.2, 0.25) is 0 Å². The smallest absolute Gasteiger partial charge is 0.272 e. The first kappa shape index (κ1) is 16.9. The topological polar surface area (TPSA) is 59.8 Å². The molecule has 3 aromatic rings. The number of carbonyl (C=O) groups excluding carboxylic acids is 1. The maximum absolute atomic E-state index is 12.4. The maximum atomic E-state index is 12.4. The molecular weight excluding hydrogens is 312 g/mol. The van der Waals surface area contributed by atoms with E-state index in [9.17, 15) is 4.79 Å². The van der Waals surface area contributed by atoms with Gasteiger partial charge in [-0.25, -0.2) is 4.68 Å². The number of pyridine rings is 1. The third kappa shape index (κ3) is 3.94. The Hall–Kier alpha value is -2.95. The standard InChI is InChI=1S/C20H22N4O/c1-14(2)17-6-8-18(9-7-17)24-15(3)11-19(23-24)20(25)22-13-16-5-4-10-21-12-16/h4-12,14H,13H2,1-3H3,(H,22,25). The molecule has 0 saturated carbocycles. The predicted octanol–water partition coefficient (Wildman–Crippen LogP) is 3.63. The number of amides is 1. The molecule has 0 fully saturated rings. The minimum absolute atomic E-state index is 0.190. The summed E-state index contributed by atoms with van der Waals surface area (Å²) < 4.78 is 1.79. The summed E-state index contributed by atoms with van der Waals surface area (Å²) in [5, 5.41) is 7.33. The van der Waals surface area contributed by atoms with E-state index in [0.717, 1.165) is 16.9 Å². The number of hydrogen-bond donors (Lipinski definition) is 1. The molecule has 3 rings (SSSR count). The highest BCUT2D eigenvalue weighted by atomic mass is 16.1. The van der Waals surface area contributed by atoms with E-state index in [2.05, 4.69) is 41.4 Å². The van der Waals surface area contributed by atoms with Gasteiger partial charge in [0, 0.05) is 24.6 Å². The van der Waals surface area contributed by atoms with Gasteiger partial charge >= 0.3 is 0 Å². The van der Waals surface area contributed by atoms with Crippen LogP contribution in [0.3, 0.4) is 0 Å². The quantitative estimate of drug-likeness (QED) is 0.775. The van der Waals surface area contributed by atoms with Gasteiger partial charge in [-0.3, -0.25) is 9.78 Å². The monoisotopic (exact) mass is 334 g/mol. The first-order valence-electron chi connectivity index (χ1n) is 8.38. The second-order valence-corrected chi connectivity index (χ2v) is 6.37. The Labute approximate surface area is 147 Å². The van der Waals surface area contributed by atoms with Gasteiger partial charge in [0.2, 0.25) is 0 Å². The molecule has 25 heavy (non-hydrogen) atoms. The van der Waals surface area contributed by atoms with E-state index in [4.69, 9.17) is 0 Å². The van der Waals surface area contributed by atoms with Crippen LogP contribution in [0, 0.1) is 6.92 Å². The molecule has 0 radical (unpaired) electrons. The van der Waals surface area contributed by atoms with Crippen LogP contribution < -0.4 is 5.32 Å². The van der Waals surface area contributed by atoms with Gasteiger partial charge < -0.3 is 5.32 Å².